The van der Waals surface area contributed by atoms with E-state index in [1.807, 2.05) is 30.3 Å². The van der Waals surface area contributed by atoms with Crippen molar-refractivity contribution in [1.29, 1.82) is 0 Å². The van der Waals surface area contributed by atoms with Gasteiger partial charge in [0.25, 0.3) is 5.91 Å². The van der Waals surface area contributed by atoms with Gasteiger partial charge < -0.3 is 10.3 Å². The average molecular weight is 230 g/mol. The van der Waals surface area contributed by atoms with Gasteiger partial charge in [0.2, 0.25) is 0 Å². The molecule has 0 unspecified atom stereocenters. The van der Waals surface area contributed by atoms with Gasteiger partial charge >= 0.3 is 0 Å². The molecule has 2 rings (SSSR count). The normalized spacial score (nSPS) is 10.6. The number of unbranched alkanes of at least 4 members (excludes halogenated alkanes) is 2. The molecule has 1 aromatic carbocycles. The Morgan fingerprint density at radius 3 is 2.88 bits per heavy atom. The number of carbonyl (C=O) groups is 1. The van der Waals surface area contributed by atoms with E-state index in [0.29, 0.717) is 5.69 Å². The molecule has 0 saturated carbocycles. The SMILES string of the molecule is CCCCCNC(=O)c1cc2ccccc2[nH]1. The highest BCUT2D eigenvalue weighted by Gasteiger charge is 2.07. The Bertz CT molecular complexity index is 469. The number of rotatable bonds is 5. The van der Waals surface area contributed by atoms with Gasteiger partial charge in [0.15, 0.2) is 0 Å². The first-order valence-corrected chi connectivity index (χ1v) is 6.17. The molecule has 90 valence electrons. The fourth-order valence-electron chi connectivity index (χ4n) is 1.87. The zero-order chi connectivity index (χ0) is 12.1. The number of aromatic nitrogens is 1. The number of hydrogen-bond donors (Lipinski definition) is 2. The topological polar surface area (TPSA) is 44.9 Å². The van der Waals surface area contributed by atoms with Crippen LogP contribution < -0.4 is 5.32 Å². The van der Waals surface area contributed by atoms with Gasteiger partial charge in [-0.25, -0.2) is 0 Å². The second-order valence-corrected chi connectivity index (χ2v) is 4.23. The van der Waals surface area contributed by atoms with Crippen LogP contribution in [0, 0.1) is 0 Å². The van der Waals surface area contributed by atoms with Crippen LogP contribution in [0.25, 0.3) is 10.9 Å². The number of para-hydroxylation sites is 1. The Morgan fingerprint density at radius 1 is 1.29 bits per heavy atom. The summed E-state index contributed by atoms with van der Waals surface area (Å²) in [6.07, 6.45) is 3.37. The number of aromatic amines is 1. The molecule has 2 N–H and O–H groups in total. The number of carbonyl (C=O) groups excluding carboxylic acids is 1. The molecule has 1 heterocycles. The summed E-state index contributed by atoms with van der Waals surface area (Å²) < 4.78 is 0. The molecular formula is C14H18N2O. The number of nitrogens with one attached hydrogen (secondary N) is 2. The van der Waals surface area contributed by atoms with E-state index in [1.165, 1.54) is 6.42 Å². The highest BCUT2D eigenvalue weighted by molar-refractivity contribution is 5.97. The van der Waals surface area contributed by atoms with Crippen LogP contribution in [-0.4, -0.2) is 17.4 Å². The fourth-order valence-corrected chi connectivity index (χ4v) is 1.87. The molecule has 3 heteroatoms. The molecule has 0 fully saturated rings. The summed E-state index contributed by atoms with van der Waals surface area (Å²) in [4.78, 5) is 15.0. The van der Waals surface area contributed by atoms with Gasteiger partial charge in [-0.05, 0) is 18.6 Å². The third kappa shape index (κ3) is 2.87. The number of fused-ring (bicyclic) bond motifs is 1. The van der Waals surface area contributed by atoms with Gasteiger partial charge in [0, 0.05) is 17.4 Å². The smallest absolute Gasteiger partial charge is 0.267 e. The van der Waals surface area contributed by atoms with Gasteiger partial charge in [-0.3, -0.25) is 4.79 Å². The number of H-pyrrole nitrogens is 1. The molecule has 2 aromatic rings. The van der Waals surface area contributed by atoms with E-state index < -0.39 is 0 Å². The molecule has 1 aromatic heterocycles. The molecule has 0 aliphatic carbocycles. The van der Waals surface area contributed by atoms with E-state index in [-0.39, 0.29) is 5.91 Å². The average Bonchev–Trinajstić information content (AvgIpc) is 2.78. The monoisotopic (exact) mass is 230 g/mol. The molecule has 0 bridgehead atoms. The van der Waals surface area contributed by atoms with E-state index >= 15 is 0 Å². The maximum atomic E-state index is 11.8. The highest BCUT2D eigenvalue weighted by Crippen LogP contribution is 2.14. The van der Waals surface area contributed by atoms with Gasteiger partial charge in [-0.15, -0.1) is 0 Å². The minimum Gasteiger partial charge on any atom is -0.351 e. The Balaban J connectivity index is 1.99. The van der Waals surface area contributed by atoms with E-state index in [0.717, 1.165) is 30.3 Å². The van der Waals surface area contributed by atoms with Crippen molar-refractivity contribution in [2.45, 2.75) is 26.2 Å². The van der Waals surface area contributed by atoms with Crippen molar-refractivity contribution in [2.24, 2.45) is 0 Å². The van der Waals surface area contributed by atoms with Crippen LogP contribution in [-0.2, 0) is 0 Å². The maximum Gasteiger partial charge on any atom is 0.267 e. The predicted molar refractivity (Wildman–Crippen MR) is 70.2 cm³/mol. The Hall–Kier alpha value is -1.77. The minimum absolute atomic E-state index is 0.0164. The van der Waals surface area contributed by atoms with Crippen molar-refractivity contribution in [1.82, 2.24) is 10.3 Å². The van der Waals surface area contributed by atoms with Crippen LogP contribution in [0.5, 0.6) is 0 Å². The van der Waals surface area contributed by atoms with Crippen molar-refractivity contribution in [3.8, 4) is 0 Å². The van der Waals surface area contributed by atoms with Crippen LogP contribution in [0.2, 0.25) is 0 Å². The van der Waals surface area contributed by atoms with Gasteiger partial charge in [-0.1, -0.05) is 38.0 Å². The lowest BCUT2D eigenvalue weighted by atomic mass is 10.2. The second kappa shape index (κ2) is 5.53. The summed E-state index contributed by atoms with van der Waals surface area (Å²) in [7, 11) is 0. The lowest BCUT2D eigenvalue weighted by Gasteiger charge is -2.02. The molecule has 0 spiro atoms. The standard InChI is InChI=1S/C14H18N2O/c1-2-3-6-9-15-14(17)13-10-11-7-4-5-8-12(11)16-13/h4-5,7-8,10,16H,2-3,6,9H2,1H3,(H,15,17). The first-order valence-electron chi connectivity index (χ1n) is 6.17. The maximum absolute atomic E-state index is 11.8. The van der Waals surface area contributed by atoms with Gasteiger partial charge in [-0.2, -0.15) is 0 Å². The third-order valence-corrected chi connectivity index (χ3v) is 2.84. The summed E-state index contributed by atoms with van der Waals surface area (Å²) in [5, 5.41) is 4.00. The number of amides is 1. The van der Waals surface area contributed by atoms with Crippen LogP contribution in [0.4, 0.5) is 0 Å². The first kappa shape index (κ1) is 11.7. The summed E-state index contributed by atoms with van der Waals surface area (Å²) in [5.41, 5.74) is 1.65. The van der Waals surface area contributed by atoms with E-state index in [1.54, 1.807) is 0 Å². The molecule has 1 amide bonds. The third-order valence-electron chi connectivity index (χ3n) is 2.84. The zero-order valence-corrected chi connectivity index (χ0v) is 10.1. The highest BCUT2D eigenvalue weighted by atomic mass is 16.1. The van der Waals surface area contributed by atoms with Crippen molar-refractivity contribution in [2.75, 3.05) is 6.54 Å². The number of hydrogen-bond acceptors (Lipinski definition) is 1. The Labute approximate surface area is 101 Å². The van der Waals surface area contributed by atoms with E-state index in [9.17, 15) is 4.79 Å². The first-order chi connectivity index (χ1) is 8.31. The zero-order valence-electron chi connectivity index (χ0n) is 10.1. The largest absolute Gasteiger partial charge is 0.351 e. The summed E-state index contributed by atoms with van der Waals surface area (Å²) >= 11 is 0. The van der Waals surface area contributed by atoms with E-state index in [2.05, 4.69) is 17.2 Å². The molecule has 3 nitrogen and oxygen atoms in total. The molecule has 0 aliphatic heterocycles. The van der Waals surface area contributed by atoms with Gasteiger partial charge in [0.1, 0.15) is 5.69 Å². The molecule has 0 atom stereocenters. The molecule has 17 heavy (non-hydrogen) atoms. The quantitative estimate of drug-likeness (QED) is 0.762. The van der Waals surface area contributed by atoms with Crippen LogP contribution in [0.1, 0.15) is 36.7 Å². The minimum atomic E-state index is -0.0164. The van der Waals surface area contributed by atoms with Crippen LogP contribution in [0.3, 0.4) is 0 Å². The second-order valence-electron chi connectivity index (χ2n) is 4.23. The van der Waals surface area contributed by atoms with Crippen molar-refractivity contribution >= 4 is 16.8 Å². The molecule has 0 saturated heterocycles. The summed E-state index contributed by atoms with van der Waals surface area (Å²) in [5.74, 6) is -0.0164. The van der Waals surface area contributed by atoms with Crippen molar-refractivity contribution in [3.05, 3.63) is 36.0 Å². The molecule has 0 aliphatic rings. The van der Waals surface area contributed by atoms with Crippen molar-refractivity contribution in [3.63, 3.8) is 0 Å². The Kier molecular flexibility index (Phi) is 3.81. The molecule has 0 radical (unpaired) electrons. The molecular weight excluding hydrogens is 212 g/mol. The summed E-state index contributed by atoms with van der Waals surface area (Å²) in [6, 6.07) is 9.80. The van der Waals surface area contributed by atoms with Gasteiger partial charge in [0.05, 0.1) is 0 Å². The Morgan fingerprint density at radius 2 is 2.12 bits per heavy atom. The van der Waals surface area contributed by atoms with Crippen molar-refractivity contribution < 1.29 is 4.79 Å². The summed E-state index contributed by atoms with van der Waals surface area (Å²) in [6.45, 7) is 2.90. The fraction of sp³-hybridized carbons (Fsp3) is 0.357. The van der Waals surface area contributed by atoms with E-state index in [4.69, 9.17) is 0 Å². The van der Waals surface area contributed by atoms with Crippen LogP contribution >= 0.6 is 0 Å². The predicted octanol–water partition coefficient (Wildman–Crippen LogP) is 3.09. The lowest BCUT2D eigenvalue weighted by Crippen LogP contribution is -2.24. The lowest BCUT2D eigenvalue weighted by molar-refractivity contribution is 0.0949. The number of benzene rings is 1. The van der Waals surface area contributed by atoms with Crippen LogP contribution in [0.15, 0.2) is 30.3 Å².